The van der Waals surface area contributed by atoms with Gasteiger partial charge >= 0.3 is 0 Å². The van der Waals surface area contributed by atoms with E-state index in [0.717, 1.165) is 6.42 Å². The van der Waals surface area contributed by atoms with Crippen LogP contribution in [0.25, 0.3) is 0 Å². The van der Waals surface area contributed by atoms with Crippen LogP contribution < -0.4 is 5.32 Å². The lowest BCUT2D eigenvalue weighted by atomic mass is 10.1. The van der Waals surface area contributed by atoms with Crippen molar-refractivity contribution in [1.82, 2.24) is 15.2 Å². The number of nitrogens with zero attached hydrogens (tertiary/aromatic N) is 2. The molecule has 0 unspecified atom stereocenters. The second-order valence-corrected chi connectivity index (χ2v) is 5.77. The summed E-state index contributed by atoms with van der Waals surface area (Å²) < 4.78 is 5.24. The quantitative estimate of drug-likeness (QED) is 0.891. The average molecular weight is 305 g/mol. The maximum Gasteiger partial charge on any atom is 0.269 e. The summed E-state index contributed by atoms with van der Waals surface area (Å²) in [6.07, 6.45) is 2.42. The number of ether oxygens (including phenoxy) is 1. The smallest absolute Gasteiger partial charge is 0.269 e. The molecule has 0 bridgehead atoms. The van der Waals surface area contributed by atoms with Gasteiger partial charge in [0, 0.05) is 31.4 Å². The third-order valence-corrected chi connectivity index (χ3v) is 3.55. The van der Waals surface area contributed by atoms with Crippen LogP contribution in [0.2, 0.25) is 0 Å². The second-order valence-electron chi connectivity index (χ2n) is 5.77. The summed E-state index contributed by atoms with van der Waals surface area (Å²) >= 11 is 0. The van der Waals surface area contributed by atoms with Crippen molar-refractivity contribution in [2.75, 3.05) is 32.8 Å². The Kier molecular flexibility index (Phi) is 5.89. The van der Waals surface area contributed by atoms with Crippen molar-refractivity contribution in [2.45, 2.75) is 20.3 Å². The summed E-state index contributed by atoms with van der Waals surface area (Å²) in [6, 6.07) is 3.20. The van der Waals surface area contributed by atoms with E-state index in [4.69, 9.17) is 4.74 Å². The molecule has 0 spiro atoms. The van der Waals surface area contributed by atoms with Gasteiger partial charge in [-0.2, -0.15) is 0 Å². The lowest BCUT2D eigenvalue weighted by molar-refractivity contribution is 0.0303. The highest BCUT2D eigenvalue weighted by atomic mass is 16.5. The predicted octanol–water partition coefficient (Wildman–Crippen LogP) is 1.33. The minimum absolute atomic E-state index is 0.0815. The highest BCUT2D eigenvalue weighted by Crippen LogP contribution is 2.09. The topological polar surface area (TPSA) is 71.5 Å². The predicted molar refractivity (Wildman–Crippen MR) is 82.7 cm³/mol. The number of pyridine rings is 1. The van der Waals surface area contributed by atoms with Gasteiger partial charge in [-0.3, -0.25) is 14.6 Å². The Balaban J connectivity index is 1.99. The van der Waals surface area contributed by atoms with Crippen molar-refractivity contribution in [2.24, 2.45) is 5.92 Å². The molecule has 0 aliphatic carbocycles. The van der Waals surface area contributed by atoms with Gasteiger partial charge in [0.25, 0.3) is 11.8 Å². The van der Waals surface area contributed by atoms with Crippen molar-refractivity contribution >= 4 is 11.8 Å². The standard InChI is InChI=1S/C16H23N3O3/c1-12(2)3-5-18-15(20)14-11-13(4-6-17-14)16(21)19-7-9-22-10-8-19/h4,6,11-12H,3,5,7-10H2,1-2H3,(H,18,20). The Morgan fingerprint density at radius 3 is 2.77 bits per heavy atom. The number of carbonyl (C=O) groups excluding carboxylic acids is 2. The average Bonchev–Trinajstić information content (AvgIpc) is 2.54. The fourth-order valence-electron chi connectivity index (χ4n) is 2.20. The Labute approximate surface area is 130 Å². The summed E-state index contributed by atoms with van der Waals surface area (Å²) in [5.74, 6) is 0.210. The third-order valence-electron chi connectivity index (χ3n) is 3.55. The van der Waals surface area contributed by atoms with Crippen LogP contribution in [0.5, 0.6) is 0 Å². The van der Waals surface area contributed by atoms with E-state index in [1.54, 1.807) is 17.0 Å². The van der Waals surface area contributed by atoms with Gasteiger partial charge in [0.2, 0.25) is 0 Å². The van der Waals surface area contributed by atoms with Crippen molar-refractivity contribution in [3.8, 4) is 0 Å². The molecule has 1 N–H and O–H groups in total. The minimum atomic E-state index is -0.239. The van der Waals surface area contributed by atoms with Gasteiger partial charge in [-0.05, 0) is 24.5 Å². The Bertz CT molecular complexity index is 525. The molecule has 120 valence electrons. The van der Waals surface area contributed by atoms with E-state index >= 15 is 0 Å². The molecule has 6 nitrogen and oxygen atoms in total. The van der Waals surface area contributed by atoms with E-state index in [-0.39, 0.29) is 17.5 Å². The number of hydrogen-bond donors (Lipinski definition) is 1. The molecule has 1 fully saturated rings. The first-order chi connectivity index (χ1) is 10.6. The van der Waals surface area contributed by atoms with Gasteiger partial charge in [0.15, 0.2) is 0 Å². The van der Waals surface area contributed by atoms with Crippen molar-refractivity contribution in [1.29, 1.82) is 0 Å². The maximum absolute atomic E-state index is 12.4. The zero-order chi connectivity index (χ0) is 15.9. The van der Waals surface area contributed by atoms with Gasteiger partial charge in [0.05, 0.1) is 13.2 Å². The van der Waals surface area contributed by atoms with E-state index in [2.05, 4.69) is 24.1 Å². The molecule has 2 amide bonds. The summed E-state index contributed by atoms with van der Waals surface area (Å²) in [6.45, 7) is 7.09. The highest BCUT2D eigenvalue weighted by Gasteiger charge is 2.19. The number of nitrogens with one attached hydrogen (secondary N) is 1. The number of carbonyl (C=O) groups is 2. The molecule has 2 rings (SSSR count). The van der Waals surface area contributed by atoms with Gasteiger partial charge in [-0.15, -0.1) is 0 Å². The lowest BCUT2D eigenvalue weighted by Crippen LogP contribution is -2.40. The van der Waals surface area contributed by atoms with Crippen LogP contribution in [0.1, 0.15) is 41.1 Å². The molecule has 0 radical (unpaired) electrons. The molecule has 0 atom stereocenters. The molecular formula is C16H23N3O3. The summed E-state index contributed by atoms with van der Waals surface area (Å²) in [4.78, 5) is 30.2. The van der Waals surface area contributed by atoms with Crippen LogP contribution in [0, 0.1) is 5.92 Å². The van der Waals surface area contributed by atoms with Crippen LogP contribution >= 0.6 is 0 Å². The van der Waals surface area contributed by atoms with Crippen LogP contribution in [0.15, 0.2) is 18.3 Å². The Hall–Kier alpha value is -1.95. The highest BCUT2D eigenvalue weighted by molar-refractivity contribution is 5.98. The number of morpholine rings is 1. The Morgan fingerprint density at radius 1 is 1.36 bits per heavy atom. The summed E-state index contributed by atoms with van der Waals surface area (Å²) in [5, 5.41) is 2.83. The molecule has 6 heteroatoms. The van der Waals surface area contributed by atoms with E-state index in [0.29, 0.717) is 44.3 Å². The van der Waals surface area contributed by atoms with E-state index < -0.39 is 0 Å². The zero-order valence-corrected chi connectivity index (χ0v) is 13.2. The van der Waals surface area contributed by atoms with Gasteiger partial charge in [0.1, 0.15) is 5.69 Å². The number of amides is 2. The number of rotatable bonds is 5. The second kappa shape index (κ2) is 7.89. The third kappa shape index (κ3) is 4.53. The molecule has 0 saturated carbocycles. The molecule has 1 aliphatic rings. The fourth-order valence-corrected chi connectivity index (χ4v) is 2.20. The van der Waals surface area contributed by atoms with Gasteiger partial charge in [-0.1, -0.05) is 13.8 Å². The van der Waals surface area contributed by atoms with Crippen LogP contribution in [-0.4, -0.2) is 54.5 Å². The molecule has 22 heavy (non-hydrogen) atoms. The lowest BCUT2D eigenvalue weighted by Gasteiger charge is -2.26. The summed E-state index contributed by atoms with van der Waals surface area (Å²) in [5.41, 5.74) is 0.772. The SMILES string of the molecule is CC(C)CCNC(=O)c1cc(C(=O)N2CCOCC2)ccn1. The summed E-state index contributed by atoms with van der Waals surface area (Å²) in [7, 11) is 0. The Morgan fingerprint density at radius 2 is 2.09 bits per heavy atom. The van der Waals surface area contributed by atoms with Crippen molar-refractivity contribution < 1.29 is 14.3 Å². The first-order valence-corrected chi connectivity index (χ1v) is 7.69. The molecule has 1 aliphatic heterocycles. The normalized spacial score (nSPS) is 15.0. The largest absolute Gasteiger partial charge is 0.378 e. The number of aromatic nitrogens is 1. The maximum atomic E-state index is 12.4. The van der Waals surface area contributed by atoms with Crippen molar-refractivity contribution in [3.05, 3.63) is 29.6 Å². The van der Waals surface area contributed by atoms with Crippen LogP contribution in [-0.2, 0) is 4.74 Å². The fraction of sp³-hybridized carbons (Fsp3) is 0.562. The first kappa shape index (κ1) is 16.4. The zero-order valence-electron chi connectivity index (χ0n) is 13.2. The molecule has 2 heterocycles. The van der Waals surface area contributed by atoms with Gasteiger partial charge in [-0.25, -0.2) is 0 Å². The monoisotopic (exact) mass is 305 g/mol. The van der Waals surface area contributed by atoms with E-state index in [1.165, 1.54) is 6.20 Å². The van der Waals surface area contributed by atoms with Crippen LogP contribution in [0.4, 0.5) is 0 Å². The van der Waals surface area contributed by atoms with Crippen molar-refractivity contribution in [3.63, 3.8) is 0 Å². The van der Waals surface area contributed by atoms with Crippen LogP contribution in [0.3, 0.4) is 0 Å². The first-order valence-electron chi connectivity index (χ1n) is 7.69. The molecular weight excluding hydrogens is 282 g/mol. The molecule has 1 aromatic rings. The number of hydrogen-bond acceptors (Lipinski definition) is 4. The molecule has 1 aromatic heterocycles. The van der Waals surface area contributed by atoms with E-state index in [9.17, 15) is 9.59 Å². The van der Waals surface area contributed by atoms with E-state index in [1.807, 2.05) is 0 Å². The van der Waals surface area contributed by atoms with Gasteiger partial charge < -0.3 is 15.0 Å². The molecule has 1 saturated heterocycles. The molecule has 0 aromatic carbocycles. The minimum Gasteiger partial charge on any atom is -0.378 e.